The van der Waals surface area contributed by atoms with Gasteiger partial charge in [0.25, 0.3) is 0 Å². The van der Waals surface area contributed by atoms with Crippen molar-refractivity contribution in [2.75, 3.05) is 27.2 Å². The Balaban J connectivity index is 3.00. The zero-order valence-electron chi connectivity index (χ0n) is 12.0. The van der Waals surface area contributed by atoms with Crippen LogP contribution in [0.25, 0.3) is 0 Å². The van der Waals surface area contributed by atoms with Gasteiger partial charge < -0.3 is 15.0 Å². The van der Waals surface area contributed by atoms with Crippen molar-refractivity contribution in [2.24, 2.45) is 0 Å². The monoisotopic (exact) mass is 303 g/mol. The molecule has 0 unspecified atom stereocenters. The van der Waals surface area contributed by atoms with Crippen LogP contribution in [0.5, 0.6) is 0 Å². The summed E-state index contributed by atoms with van der Waals surface area (Å²) in [6.45, 7) is 3.26. The van der Waals surface area contributed by atoms with Crippen LogP contribution in [0.2, 0.25) is 0 Å². The maximum absolute atomic E-state index is 12.3. The minimum absolute atomic E-state index is 0.0173. The summed E-state index contributed by atoms with van der Waals surface area (Å²) in [6.07, 6.45) is 2.06. The second-order valence-electron chi connectivity index (χ2n) is 4.44. The first-order valence-corrected chi connectivity index (χ1v) is 7.83. The lowest BCUT2D eigenvalue weighted by Crippen LogP contribution is -2.29. The molecule has 7 nitrogen and oxygen atoms in total. The Labute approximate surface area is 119 Å². The number of sulfonamides is 1. The molecule has 0 aliphatic heterocycles. The fraction of sp³-hybridized carbons (Fsp3) is 0.583. The Hall–Kier alpha value is -1.38. The van der Waals surface area contributed by atoms with E-state index in [1.165, 1.54) is 28.2 Å². The summed E-state index contributed by atoms with van der Waals surface area (Å²) < 4.78 is 27.3. The van der Waals surface area contributed by atoms with Crippen molar-refractivity contribution in [1.82, 2.24) is 14.2 Å². The van der Waals surface area contributed by atoms with Crippen LogP contribution in [0, 0.1) is 0 Å². The van der Waals surface area contributed by atoms with Crippen LogP contribution < -0.4 is 5.32 Å². The molecule has 0 bridgehead atoms. The number of aromatic nitrogens is 1. The fourth-order valence-corrected chi connectivity index (χ4v) is 3.09. The Morgan fingerprint density at radius 1 is 1.50 bits per heavy atom. The molecule has 0 saturated heterocycles. The first-order valence-electron chi connectivity index (χ1n) is 6.39. The van der Waals surface area contributed by atoms with Gasteiger partial charge in [-0.3, -0.25) is 0 Å². The molecule has 0 radical (unpaired) electrons. The molecule has 0 spiro atoms. The molecule has 1 heterocycles. The van der Waals surface area contributed by atoms with Gasteiger partial charge in [0.2, 0.25) is 10.0 Å². The Kier molecular flexibility index (Phi) is 5.73. The third-order valence-corrected chi connectivity index (χ3v) is 4.86. The van der Waals surface area contributed by atoms with Crippen LogP contribution in [0.1, 0.15) is 23.8 Å². The second-order valence-corrected chi connectivity index (χ2v) is 6.48. The quantitative estimate of drug-likeness (QED) is 0.680. The first-order chi connectivity index (χ1) is 9.34. The van der Waals surface area contributed by atoms with Crippen LogP contribution in [-0.4, -0.2) is 55.6 Å². The van der Waals surface area contributed by atoms with E-state index >= 15 is 0 Å². The molecule has 0 atom stereocenters. The highest BCUT2D eigenvalue weighted by Gasteiger charge is 2.24. The van der Waals surface area contributed by atoms with Crippen LogP contribution in [-0.2, 0) is 16.6 Å². The number of carboxylic acids is 1. The van der Waals surface area contributed by atoms with E-state index in [0.29, 0.717) is 19.5 Å². The number of carboxylic acid groups (broad SMARTS) is 1. The number of rotatable bonds is 8. The Morgan fingerprint density at radius 3 is 2.60 bits per heavy atom. The maximum atomic E-state index is 12.3. The third kappa shape index (κ3) is 3.59. The number of aromatic carboxylic acids is 1. The molecular formula is C12H21N3O4S. The molecule has 0 amide bonds. The number of nitrogens with one attached hydrogen (secondary N) is 1. The molecule has 0 aromatic carbocycles. The number of hydrogen-bond acceptors (Lipinski definition) is 4. The molecular weight excluding hydrogens is 282 g/mol. The minimum Gasteiger partial charge on any atom is -0.477 e. The van der Waals surface area contributed by atoms with Crippen LogP contribution in [0.3, 0.4) is 0 Å². The van der Waals surface area contributed by atoms with Crippen molar-refractivity contribution in [3.63, 3.8) is 0 Å². The zero-order valence-corrected chi connectivity index (χ0v) is 12.8. The van der Waals surface area contributed by atoms with E-state index in [4.69, 9.17) is 5.11 Å². The SMILES string of the molecule is CCn1cc(S(=O)(=O)N(C)CCCNC)cc1C(=O)O. The fourth-order valence-electron chi connectivity index (χ4n) is 1.84. The lowest BCUT2D eigenvalue weighted by atomic mass is 10.4. The van der Waals surface area contributed by atoms with E-state index in [9.17, 15) is 13.2 Å². The van der Waals surface area contributed by atoms with Crippen molar-refractivity contribution in [3.8, 4) is 0 Å². The number of aryl methyl sites for hydroxylation is 1. The van der Waals surface area contributed by atoms with Crippen molar-refractivity contribution < 1.29 is 18.3 Å². The molecule has 0 saturated carbocycles. The topological polar surface area (TPSA) is 91.6 Å². The maximum Gasteiger partial charge on any atom is 0.352 e. The van der Waals surface area contributed by atoms with Crippen LogP contribution >= 0.6 is 0 Å². The van der Waals surface area contributed by atoms with Gasteiger partial charge in [0.15, 0.2) is 0 Å². The molecule has 1 aromatic rings. The number of nitrogens with zero attached hydrogens (tertiary/aromatic N) is 2. The van der Waals surface area contributed by atoms with E-state index in [2.05, 4.69) is 5.32 Å². The molecule has 0 aliphatic carbocycles. The normalized spacial score (nSPS) is 12.0. The summed E-state index contributed by atoms with van der Waals surface area (Å²) >= 11 is 0. The highest BCUT2D eigenvalue weighted by molar-refractivity contribution is 7.89. The van der Waals surface area contributed by atoms with E-state index in [-0.39, 0.29) is 10.6 Å². The van der Waals surface area contributed by atoms with Gasteiger partial charge in [-0.15, -0.1) is 0 Å². The van der Waals surface area contributed by atoms with Gasteiger partial charge in [-0.2, -0.15) is 0 Å². The molecule has 2 N–H and O–H groups in total. The summed E-state index contributed by atoms with van der Waals surface area (Å²) in [5, 5.41) is 12.0. The predicted molar refractivity (Wildman–Crippen MR) is 75.4 cm³/mol. The molecule has 114 valence electrons. The molecule has 1 aromatic heterocycles. The summed E-state index contributed by atoms with van der Waals surface area (Å²) in [7, 11) is -0.348. The minimum atomic E-state index is -3.64. The van der Waals surface area contributed by atoms with E-state index < -0.39 is 16.0 Å². The Morgan fingerprint density at radius 2 is 2.15 bits per heavy atom. The van der Waals surface area contributed by atoms with E-state index in [1.54, 1.807) is 14.0 Å². The number of hydrogen-bond donors (Lipinski definition) is 2. The highest BCUT2D eigenvalue weighted by Crippen LogP contribution is 2.18. The van der Waals surface area contributed by atoms with E-state index in [1.807, 2.05) is 0 Å². The zero-order chi connectivity index (χ0) is 15.3. The van der Waals surface area contributed by atoms with Gasteiger partial charge >= 0.3 is 5.97 Å². The molecule has 8 heteroatoms. The lowest BCUT2D eigenvalue weighted by Gasteiger charge is -2.15. The molecule has 20 heavy (non-hydrogen) atoms. The lowest BCUT2D eigenvalue weighted by molar-refractivity contribution is 0.0685. The molecule has 1 rings (SSSR count). The third-order valence-electron chi connectivity index (χ3n) is 3.04. The average molecular weight is 303 g/mol. The summed E-state index contributed by atoms with van der Waals surface area (Å²) in [5.41, 5.74) is -0.0188. The van der Waals surface area contributed by atoms with Crippen LogP contribution in [0.4, 0.5) is 0 Å². The standard InChI is InChI=1S/C12H21N3O4S/c1-4-15-9-10(8-11(15)12(16)17)20(18,19)14(3)7-5-6-13-2/h8-9,13H,4-7H2,1-3H3,(H,16,17). The second kappa shape index (κ2) is 6.87. The largest absolute Gasteiger partial charge is 0.477 e. The smallest absolute Gasteiger partial charge is 0.352 e. The summed E-state index contributed by atoms with van der Waals surface area (Å²) in [6, 6.07) is 1.20. The van der Waals surface area contributed by atoms with E-state index in [0.717, 1.165) is 6.54 Å². The van der Waals surface area contributed by atoms with Crippen molar-refractivity contribution in [3.05, 3.63) is 18.0 Å². The van der Waals surface area contributed by atoms with Crippen LogP contribution in [0.15, 0.2) is 17.2 Å². The first kappa shape index (κ1) is 16.7. The van der Waals surface area contributed by atoms with Crippen molar-refractivity contribution in [1.29, 1.82) is 0 Å². The highest BCUT2D eigenvalue weighted by atomic mass is 32.2. The molecule has 0 aliphatic rings. The van der Waals surface area contributed by atoms with Gasteiger partial charge in [-0.1, -0.05) is 0 Å². The van der Waals surface area contributed by atoms with Crippen molar-refractivity contribution in [2.45, 2.75) is 24.8 Å². The van der Waals surface area contributed by atoms with Gasteiger partial charge in [0.05, 0.1) is 0 Å². The predicted octanol–water partition coefficient (Wildman–Crippen LogP) is 0.436. The van der Waals surface area contributed by atoms with Crippen molar-refractivity contribution >= 4 is 16.0 Å². The molecule has 0 fully saturated rings. The Bertz CT molecular complexity index is 565. The summed E-state index contributed by atoms with van der Waals surface area (Å²) in [4.78, 5) is 11.1. The number of carbonyl (C=O) groups is 1. The van der Waals surface area contributed by atoms with Gasteiger partial charge in [0, 0.05) is 26.3 Å². The van der Waals surface area contributed by atoms with Gasteiger partial charge in [0.1, 0.15) is 10.6 Å². The van der Waals surface area contributed by atoms with Gasteiger partial charge in [-0.25, -0.2) is 17.5 Å². The summed E-state index contributed by atoms with van der Waals surface area (Å²) in [5.74, 6) is -1.13. The average Bonchev–Trinajstić information content (AvgIpc) is 2.83. The van der Waals surface area contributed by atoms with Gasteiger partial charge in [-0.05, 0) is 33.0 Å².